The second kappa shape index (κ2) is 12.7. The molecule has 2 aliphatic heterocycles. The molecule has 0 unspecified atom stereocenters. The number of hydrogen-bond donors (Lipinski definition) is 1. The topological polar surface area (TPSA) is 101 Å². The van der Waals surface area contributed by atoms with E-state index >= 15 is 0 Å². The van der Waals surface area contributed by atoms with E-state index in [4.69, 9.17) is 9.47 Å². The first-order chi connectivity index (χ1) is 18.0. The predicted octanol–water partition coefficient (Wildman–Crippen LogP) is 3.70. The summed E-state index contributed by atoms with van der Waals surface area (Å²) >= 11 is 1.68. The minimum Gasteiger partial charge on any atom is -0.465 e. The highest BCUT2D eigenvalue weighted by molar-refractivity contribution is 7.99. The maximum Gasteiger partial charge on any atom is 0.337 e. The molecule has 1 fully saturated rings. The van der Waals surface area contributed by atoms with Gasteiger partial charge in [0.2, 0.25) is 0 Å². The lowest BCUT2D eigenvalue weighted by atomic mass is 10.1. The Hall–Kier alpha value is -3.37. The summed E-state index contributed by atoms with van der Waals surface area (Å²) in [5.74, 6) is 0.281. The first-order valence-corrected chi connectivity index (χ1v) is 13.5. The molecule has 10 heteroatoms. The lowest BCUT2D eigenvalue weighted by molar-refractivity contribution is -0.112. The molecule has 2 aromatic carbocycles. The summed E-state index contributed by atoms with van der Waals surface area (Å²) in [6.45, 7) is 4.67. The summed E-state index contributed by atoms with van der Waals surface area (Å²) in [5, 5.41) is 4.27. The Morgan fingerprint density at radius 2 is 1.89 bits per heavy atom. The van der Waals surface area contributed by atoms with Gasteiger partial charge in [0.1, 0.15) is 0 Å². The third-order valence-electron chi connectivity index (χ3n) is 6.29. The van der Waals surface area contributed by atoms with Crippen LogP contribution < -0.4 is 10.3 Å². The summed E-state index contributed by atoms with van der Waals surface area (Å²) in [4.78, 5) is 41.8. The minimum atomic E-state index is -0.347. The van der Waals surface area contributed by atoms with E-state index in [2.05, 4.69) is 17.5 Å². The van der Waals surface area contributed by atoms with Crippen molar-refractivity contribution in [2.24, 2.45) is 5.10 Å². The largest absolute Gasteiger partial charge is 0.465 e. The van der Waals surface area contributed by atoms with E-state index in [0.717, 1.165) is 46.7 Å². The average molecular weight is 525 g/mol. The fourth-order valence-corrected chi connectivity index (χ4v) is 5.12. The van der Waals surface area contributed by atoms with E-state index in [1.807, 2.05) is 30.3 Å². The van der Waals surface area contributed by atoms with E-state index in [9.17, 15) is 14.4 Å². The van der Waals surface area contributed by atoms with Crippen LogP contribution in [0.4, 0.5) is 10.5 Å². The van der Waals surface area contributed by atoms with Gasteiger partial charge in [0.15, 0.2) is 5.71 Å². The number of rotatable bonds is 9. The summed E-state index contributed by atoms with van der Waals surface area (Å²) in [7, 11) is 1.37. The van der Waals surface area contributed by atoms with Gasteiger partial charge in [0, 0.05) is 35.8 Å². The Kier molecular flexibility index (Phi) is 9.19. The maximum absolute atomic E-state index is 13.2. The molecule has 2 aromatic rings. The summed E-state index contributed by atoms with van der Waals surface area (Å²) in [6, 6.07) is 13.0. The van der Waals surface area contributed by atoms with Gasteiger partial charge in [-0.15, -0.1) is 11.8 Å². The molecule has 0 radical (unpaired) electrons. The molecule has 37 heavy (non-hydrogen) atoms. The van der Waals surface area contributed by atoms with Crippen molar-refractivity contribution in [3.63, 3.8) is 0 Å². The molecule has 196 valence electrons. The fourth-order valence-electron chi connectivity index (χ4n) is 4.18. The zero-order valence-corrected chi connectivity index (χ0v) is 22.0. The Morgan fingerprint density at radius 3 is 2.59 bits per heavy atom. The van der Waals surface area contributed by atoms with Crippen molar-refractivity contribution >= 4 is 41.1 Å². The van der Waals surface area contributed by atoms with Gasteiger partial charge in [0.05, 0.1) is 31.6 Å². The second-order valence-electron chi connectivity index (χ2n) is 8.75. The Morgan fingerprint density at radius 1 is 1.14 bits per heavy atom. The van der Waals surface area contributed by atoms with Crippen molar-refractivity contribution < 1.29 is 23.9 Å². The standard InChI is InChI=1S/C27H32N4O5S/c1-3-4-12-31-23-10-9-21(37-17-11-19-5-7-20(8-6-19)26(33)35-2)18-22(23)24(25(31)32)28-29-27(34)30-13-15-36-16-14-30/h5-10,18H,3-4,11-17H2,1-2H3,(H,29,34)/b28-24-. The third-order valence-corrected chi connectivity index (χ3v) is 7.29. The number of morpholine rings is 1. The number of carbonyl (C=O) groups is 3. The number of thioether (sulfide) groups is 1. The number of hydrogen-bond acceptors (Lipinski definition) is 7. The molecule has 1 N–H and O–H groups in total. The van der Waals surface area contributed by atoms with Gasteiger partial charge in [-0.2, -0.15) is 5.10 Å². The molecule has 4 rings (SSSR count). The molecule has 0 spiro atoms. The number of nitrogens with zero attached hydrogens (tertiary/aromatic N) is 3. The monoisotopic (exact) mass is 524 g/mol. The number of nitrogens with one attached hydrogen (secondary N) is 1. The molecule has 9 nitrogen and oxygen atoms in total. The molecule has 2 aliphatic rings. The van der Waals surface area contributed by atoms with Crippen LogP contribution in [0.2, 0.25) is 0 Å². The van der Waals surface area contributed by atoms with Crippen molar-refractivity contribution in [2.45, 2.75) is 31.1 Å². The van der Waals surface area contributed by atoms with Crippen molar-refractivity contribution in [2.75, 3.05) is 50.6 Å². The number of methoxy groups -OCH3 is 1. The van der Waals surface area contributed by atoms with Crippen LogP contribution in [0.25, 0.3) is 0 Å². The Labute approximate surface area is 221 Å². The van der Waals surface area contributed by atoms with E-state index in [1.54, 1.807) is 33.7 Å². The molecule has 3 amide bonds. The second-order valence-corrected chi connectivity index (χ2v) is 9.92. The SMILES string of the molecule is CCCCN1C(=O)/C(=N\NC(=O)N2CCOCC2)c2cc(SCCc3ccc(C(=O)OC)cc3)ccc21. The van der Waals surface area contributed by atoms with Crippen molar-refractivity contribution in [1.29, 1.82) is 0 Å². The Balaban J connectivity index is 1.45. The predicted molar refractivity (Wildman–Crippen MR) is 143 cm³/mol. The van der Waals surface area contributed by atoms with Gasteiger partial charge in [-0.3, -0.25) is 4.79 Å². The van der Waals surface area contributed by atoms with Crippen LogP contribution in [0, 0.1) is 0 Å². The van der Waals surface area contributed by atoms with Crippen LogP contribution in [0.5, 0.6) is 0 Å². The van der Waals surface area contributed by atoms with E-state index in [1.165, 1.54) is 7.11 Å². The van der Waals surface area contributed by atoms with E-state index in [0.29, 0.717) is 38.4 Å². The molecule has 0 aromatic heterocycles. The first kappa shape index (κ1) is 26.7. The number of anilines is 1. The number of carbonyl (C=O) groups excluding carboxylic acids is 3. The quantitative estimate of drug-likeness (QED) is 0.305. The molecule has 0 bridgehead atoms. The van der Waals surface area contributed by atoms with E-state index < -0.39 is 0 Å². The summed E-state index contributed by atoms with van der Waals surface area (Å²) in [6.07, 6.45) is 2.67. The van der Waals surface area contributed by atoms with Crippen LogP contribution >= 0.6 is 11.8 Å². The highest BCUT2D eigenvalue weighted by Gasteiger charge is 2.34. The number of aryl methyl sites for hydroxylation is 1. The molecule has 0 atom stereocenters. The highest BCUT2D eigenvalue weighted by atomic mass is 32.2. The molecule has 1 saturated heterocycles. The number of hydrazone groups is 1. The number of esters is 1. The lowest BCUT2D eigenvalue weighted by Gasteiger charge is -2.25. The van der Waals surface area contributed by atoms with Gasteiger partial charge < -0.3 is 19.3 Å². The number of fused-ring (bicyclic) bond motifs is 1. The number of benzene rings is 2. The van der Waals surface area contributed by atoms with Crippen LogP contribution in [-0.4, -0.2) is 74.2 Å². The Bertz CT molecular complexity index is 1160. The third kappa shape index (κ3) is 6.50. The lowest BCUT2D eigenvalue weighted by Crippen LogP contribution is -2.45. The normalized spacial score (nSPS) is 16.2. The number of amides is 3. The number of unbranched alkanes of at least 4 members (excludes halogenated alkanes) is 1. The smallest absolute Gasteiger partial charge is 0.337 e. The van der Waals surface area contributed by atoms with Crippen molar-refractivity contribution in [1.82, 2.24) is 10.3 Å². The highest BCUT2D eigenvalue weighted by Crippen LogP contribution is 2.33. The van der Waals surface area contributed by atoms with Crippen LogP contribution in [0.15, 0.2) is 52.5 Å². The van der Waals surface area contributed by atoms with Gasteiger partial charge in [-0.05, 0) is 48.7 Å². The molecule has 2 heterocycles. The molecular weight excluding hydrogens is 492 g/mol. The van der Waals surface area contributed by atoms with Crippen molar-refractivity contribution in [3.8, 4) is 0 Å². The van der Waals surface area contributed by atoms with Crippen LogP contribution in [0.3, 0.4) is 0 Å². The van der Waals surface area contributed by atoms with Crippen molar-refractivity contribution in [3.05, 3.63) is 59.2 Å². The zero-order valence-electron chi connectivity index (χ0n) is 21.2. The molecule has 0 aliphatic carbocycles. The number of ether oxygens (including phenoxy) is 2. The van der Waals surface area contributed by atoms with E-state index in [-0.39, 0.29) is 23.6 Å². The fraction of sp³-hybridized carbons (Fsp3) is 0.407. The molecule has 0 saturated carbocycles. The summed E-state index contributed by atoms with van der Waals surface area (Å²) < 4.78 is 10.0. The van der Waals surface area contributed by atoms with Crippen LogP contribution in [0.1, 0.15) is 41.3 Å². The van der Waals surface area contributed by atoms with Gasteiger partial charge >= 0.3 is 12.0 Å². The summed E-state index contributed by atoms with van der Waals surface area (Å²) in [5.41, 5.74) is 6.04. The maximum atomic E-state index is 13.2. The van der Waals surface area contributed by atoms with Gasteiger partial charge in [-0.1, -0.05) is 25.5 Å². The van der Waals surface area contributed by atoms with Gasteiger partial charge in [-0.25, -0.2) is 15.0 Å². The van der Waals surface area contributed by atoms with Crippen LogP contribution in [-0.2, 0) is 20.7 Å². The zero-order chi connectivity index (χ0) is 26.2. The minimum absolute atomic E-state index is 0.196. The molecular formula is C27H32N4O5S. The average Bonchev–Trinajstić information content (AvgIpc) is 3.20. The first-order valence-electron chi connectivity index (χ1n) is 12.5. The number of urea groups is 1. The van der Waals surface area contributed by atoms with Gasteiger partial charge in [0.25, 0.3) is 5.91 Å².